The number of rotatable bonds is 6. The lowest BCUT2D eigenvalue weighted by molar-refractivity contribution is -0.136. The van der Waals surface area contributed by atoms with Crippen molar-refractivity contribution in [3.05, 3.63) is 94.5 Å². The average Bonchev–Trinajstić information content (AvgIpc) is 2.82. The second-order valence-electron chi connectivity index (χ2n) is 8.46. The largest absolute Gasteiger partial charge is 0.484 e. The maximum Gasteiger partial charge on any atom is 0.262 e. The van der Waals surface area contributed by atoms with E-state index in [1.165, 1.54) is 5.56 Å². The summed E-state index contributed by atoms with van der Waals surface area (Å²) in [5.41, 5.74) is 3.90. The number of halogens is 1. The van der Waals surface area contributed by atoms with Crippen LogP contribution in [0.1, 0.15) is 36.6 Å². The van der Waals surface area contributed by atoms with E-state index in [0.717, 1.165) is 17.5 Å². The van der Waals surface area contributed by atoms with Crippen LogP contribution in [0.5, 0.6) is 5.75 Å². The van der Waals surface area contributed by atoms with E-state index in [0.29, 0.717) is 23.0 Å². The Balaban J connectivity index is 1.56. The number of hydrogen-bond donors (Lipinski definition) is 1. The zero-order chi connectivity index (χ0) is 23.4. The highest BCUT2D eigenvalue weighted by Crippen LogP contribution is 2.37. The molecule has 0 saturated carbocycles. The highest BCUT2D eigenvalue weighted by Gasteiger charge is 2.33. The maximum atomic E-state index is 13.0. The van der Waals surface area contributed by atoms with Crippen molar-refractivity contribution in [2.24, 2.45) is 5.92 Å². The number of ether oxygens (including phenoxy) is 1. The zero-order valence-electron chi connectivity index (χ0n) is 18.8. The first-order valence-electron chi connectivity index (χ1n) is 11.1. The van der Waals surface area contributed by atoms with Crippen molar-refractivity contribution >= 4 is 29.1 Å². The summed E-state index contributed by atoms with van der Waals surface area (Å²) in [6.07, 6.45) is 0.784. The van der Waals surface area contributed by atoms with E-state index in [9.17, 15) is 9.59 Å². The fourth-order valence-corrected chi connectivity index (χ4v) is 4.35. The molecule has 3 aromatic rings. The molecule has 0 saturated heterocycles. The Morgan fingerprint density at radius 3 is 2.58 bits per heavy atom. The summed E-state index contributed by atoms with van der Waals surface area (Å²) in [5.74, 6) is 0.357. The van der Waals surface area contributed by atoms with Crippen LogP contribution in [0.25, 0.3) is 0 Å². The van der Waals surface area contributed by atoms with Gasteiger partial charge in [-0.15, -0.1) is 0 Å². The molecular weight excluding hydrogens is 436 g/mol. The number of fused-ring (bicyclic) bond motifs is 1. The van der Waals surface area contributed by atoms with E-state index in [1.807, 2.05) is 67.3 Å². The van der Waals surface area contributed by atoms with Gasteiger partial charge in [-0.3, -0.25) is 9.59 Å². The molecule has 2 amide bonds. The van der Waals surface area contributed by atoms with Crippen molar-refractivity contribution in [1.82, 2.24) is 4.90 Å². The average molecular weight is 463 g/mol. The first-order valence-corrected chi connectivity index (χ1v) is 11.5. The number of nitrogens with one attached hydrogen (secondary N) is 1. The Hall–Kier alpha value is -3.31. The van der Waals surface area contributed by atoms with Gasteiger partial charge in [0.25, 0.3) is 5.91 Å². The van der Waals surface area contributed by atoms with Gasteiger partial charge in [0.2, 0.25) is 5.91 Å². The van der Waals surface area contributed by atoms with Crippen molar-refractivity contribution in [3.63, 3.8) is 0 Å². The van der Waals surface area contributed by atoms with Crippen molar-refractivity contribution in [2.75, 3.05) is 18.5 Å². The van der Waals surface area contributed by atoms with Crippen LogP contribution < -0.4 is 10.1 Å². The summed E-state index contributed by atoms with van der Waals surface area (Å²) in [4.78, 5) is 27.3. The smallest absolute Gasteiger partial charge is 0.262 e. The number of anilines is 1. The molecule has 33 heavy (non-hydrogen) atoms. The predicted molar refractivity (Wildman–Crippen MR) is 131 cm³/mol. The van der Waals surface area contributed by atoms with Crippen molar-refractivity contribution in [3.8, 4) is 5.75 Å². The van der Waals surface area contributed by atoms with E-state index in [-0.39, 0.29) is 30.4 Å². The minimum Gasteiger partial charge on any atom is -0.484 e. The molecule has 0 aromatic heterocycles. The van der Waals surface area contributed by atoms with Crippen LogP contribution >= 0.6 is 11.6 Å². The Morgan fingerprint density at radius 2 is 1.85 bits per heavy atom. The Labute approximate surface area is 199 Å². The summed E-state index contributed by atoms with van der Waals surface area (Å²) in [7, 11) is 0. The van der Waals surface area contributed by atoms with Crippen molar-refractivity contribution in [1.29, 1.82) is 0 Å². The van der Waals surface area contributed by atoms with Gasteiger partial charge < -0.3 is 15.0 Å². The molecule has 0 fully saturated rings. The monoisotopic (exact) mass is 462 g/mol. The Kier molecular flexibility index (Phi) is 6.99. The highest BCUT2D eigenvalue weighted by atomic mass is 35.5. The van der Waals surface area contributed by atoms with E-state index in [4.69, 9.17) is 16.3 Å². The third kappa shape index (κ3) is 5.37. The number of nitrogens with zero attached hydrogens (tertiary/aromatic N) is 1. The lowest BCUT2D eigenvalue weighted by Gasteiger charge is -2.39. The quantitative estimate of drug-likeness (QED) is 0.527. The summed E-state index contributed by atoms with van der Waals surface area (Å²) < 4.78 is 5.82. The lowest BCUT2D eigenvalue weighted by Crippen LogP contribution is -2.42. The maximum absolute atomic E-state index is 13.0. The van der Waals surface area contributed by atoms with Gasteiger partial charge in [-0.1, -0.05) is 67.9 Å². The fourth-order valence-electron chi connectivity index (χ4n) is 4.16. The van der Waals surface area contributed by atoms with E-state index in [1.54, 1.807) is 24.3 Å². The van der Waals surface area contributed by atoms with Crippen LogP contribution in [0.15, 0.2) is 72.8 Å². The number of carbonyl (C=O) groups is 2. The van der Waals surface area contributed by atoms with Crippen LogP contribution in [-0.2, 0) is 16.0 Å². The molecule has 1 heterocycles. The molecule has 3 aromatic carbocycles. The summed E-state index contributed by atoms with van der Waals surface area (Å²) in [6, 6.07) is 22.7. The topological polar surface area (TPSA) is 58.6 Å². The number of carbonyl (C=O) groups excluding carboxylic acids is 2. The molecule has 1 N–H and O–H groups in total. The minimum absolute atomic E-state index is 0.0904. The fraction of sp³-hybridized carbons (Fsp3) is 0.259. The third-order valence-corrected chi connectivity index (χ3v) is 5.95. The van der Waals surface area contributed by atoms with Crippen LogP contribution in [0.4, 0.5) is 5.69 Å². The molecule has 0 bridgehead atoms. The third-order valence-electron chi connectivity index (χ3n) is 5.72. The summed E-state index contributed by atoms with van der Waals surface area (Å²) in [6.45, 7) is 4.40. The summed E-state index contributed by atoms with van der Waals surface area (Å²) >= 11 is 5.98. The second-order valence-corrected chi connectivity index (χ2v) is 8.89. The van der Waals surface area contributed by atoms with Gasteiger partial charge in [0.05, 0.1) is 6.04 Å². The van der Waals surface area contributed by atoms with Gasteiger partial charge in [-0.2, -0.15) is 0 Å². The van der Waals surface area contributed by atoms with Gasteiger partial charge in [-0.05, 0) is 53.4 Å². The lowest BCUT2D eigenvalue weighted by atomic mass is 9.87. The Bertz CT molecular complexity index is 1150. The molecule has 0 aliphatic carbocycles. The molecule has 1 unspecified atom stereocenters. The minimum atomic E-state index is -0.272. The first kappa shape index (κ1) is 22.9. The van der Waals surface area contributed by atoms with Gasteiger partial charge in [0.15, 0.2) is 6.61 Å². The zero-order valence-corrected chi connectivity index (χ0v) is 19.5. The molecule has 1 aliphatic rings. The van der Waals surface area contributed by atoms with Gasteiger partial charge in [0, 0.05) is 23.2 Å². The van der Waals surface area contributed by atoms with Crippen LogP contribution in [0.3, 0.4) is 0 Å². The van der Waals surface area contributed by atoms with E-state index >= 15 is 0 Å². The molecule has 6 heteroatoms. The van der Waals surface area contributed by atoms with Gasteiger partial charge >= 0.3 is 0 Å². The first-order chi connectivity index (χ1) is 15.9. The SMILES string of the molecule is CC(C)C(=O)N1CCc2ccc(OCC(=O)Nc3cccc(Cl)c3)cc2C1c1ccccc1. The molecule has 5 nitrogen and oxygen atoms in total. The van der Waals surface area contributed by atoms with Crippen molar-refractivity contribution < 1.29 is 14.3 Å². The molecule has 170 valence electrons. The normalized spacial score (nSPS) is 15.2. The van der Waals surface area contributed by atoms with Crippen LogP contribution in [0, 0.1) is 5.92 Å². The van der Waals surface area contributed by atoms with Crippen LogP contribution in [0.2, 0.25) is 5.02 Å². The molecule has 4 rings (SSSR count). The highest BCUT2D eigenvalue weighted by molar-refractivity contribution is 6.30. The molecule has 0 spiro atoms. The van der Waals surface area contributed by atoms with Crippen LogP contribution in [-0.4, -0.2) is 29.9 Å². The predicted octanol–water partition coefficient (Wildman–Crippen LogP) is 5.49. The molecule has 0 radical (unpaired) electrons. The molecular formula is C27H27ClN2O3. The van der Waals surface area contributed by atoms with E-state index in [2.05, 4.69) is 5.32 Å². The van der Waals surface area contributed by atoms with E-state index < -0.39 is 0 Å². The second kappa shape index (κ2) is 10.1. The number of hydrogen-bond acceptors (Lipinski definition) is 3. The van der Waals surface area contributed by atoms with Gasteiger partial charge in [0.1, 0.15) is 5.75 Å². The van der Waals surface area contributed by atoms with Crippen molar-refractivity contribution in [2.45, 2.75) is 26.3 Å². The number of benzene rings is 3. The molecule has 1 atom stereocenters. The standard InChI is InChI=1S/C27H27ClN2O3/c1-18(2)27(32)30-14-13-19-11-12-23(16-24(19)26(30)20-7-4-3-5-8-20)33-17-25(31)29-22-10-6-9-21(28)15-22/h3-12,15-16,18,26H,13-14,17H2,1-2H3,(H,29,31). The number of amides is 2. The Morgan fingerprint density at radius 1 is 1.06 bits per heavy atom. The van der Waals surface area contributed by atoms with Gasteiger partial charge in [-0.25, -0.2) is 0 Å². The molecule has 1 aliphatic heterocycles. The summed E-state index contributed by atoms with van der Waals surface area (Å²) in [5, 5.41) is 3.33.